The third-order valence-corrected chi connectivity index (χ3v) is 3.00. The van der Waals surface area contributed by atoms with Gasteiger partial charge in [0.2, 0.25) is 0 Å². The first kappa shape index (κ1) is 13.7. The van der Waals surface area contributed by atoms with Crippen LogP contribution in [0.25, 0.3) is 11.6 Å². The van der Waals surface area contributed by atoms with Crippen molar-refractivity contribution in [3.63, 3.8) is 0 Å². The average molecular weight is 265 g/mol. The fourth-order valence-corrected chi connectivity index (χ4v) is 1.86. The maximum absolute atomic E-state index is 9.56. The van der Waals surface area contributed by atoms with Crippen molar-refractivity contribution in [1.82, 2.24) is 0 Å². The van der Waals surface area contributed by atoms with Crippen LogP contribution in [-0.4, -0.2) is 12.2 Å². The lowest BCUT2D eigenvalue weighted by atomic mass is 10.0. The Hall–Kier alpha value is -2.73. The van der Waals surface area contributed by atoms with Gasteiger partial charge in [0.15, 0.2) is 11.5 Å². The van der Waals surface area contributed by atoms with Crippen LogP contribution in [0.1, 0.15) is 16.7 Å². The van der Waals surface area contributed by atoms with Gasteiger partial charge < -0.3 is 9.84 Å². The SMILES string of the molecule is COc1cc(/C=C(\C#N)c2ccc(C)cc2)ccc1O. The molecule has 2 aromatic carbocycles. The molecule has 0 aliphatic heterocycles. The molecular formula is C17H15NO2. The molecule has 0 aliphatic carbocycles. The zero-order chi connectivity index (χ0) is 14.5. The summed E-state index contributed by atoms with van der Waals surface area (Å²) in [5, 5.41) is 18.9. The fourth-order valence-electron chi connectivity index (χ4n) is 1.86. The predicted octanol–water partition coefficient (Wildman–Crippen LogP) is 3.77. The van der Waals surface area contributed by atoms with Gasteiger partial charge in [0.05, 0.1) is 18.8 Å². The van der Waals surface area contributed by atoms with Crippen molar-refractivity contribution in [2.75, 3.05) is 7.11 Å². The minimum Gasteiger partial charge on any atom is -0.504 e. The summed E-state index contributed by atoms with van der Waals surface area (Å²) in [4.78, 5) is 0. The van der Waals surface area contributed by atoms with Gasteiger partial charge in [0, 0.05) is 0 Å². The lowest BCUT2D eigenvalue weighted by Crippen LogP contribution is -1.86. The molecule has 0 heterocycles. The quantitative estimate of drug-likeness (QED) is 0.678. The summed E-state index contributed by atoms with van der Waals surface area (Å²) in [5.41, 5.74) is 3.39. The highest BCUT2D eigenvalue weighted by Crippen LogP contribution is 2.28. The summed E-state index contributed by atoms with van der Waals surface area (Å²) in [6, 6.07) is 15.0. The molecule has 100 valence electrons. The molecule has 0 radical (unpaired) electrons. The molecule has 2 aromatic rings. The monoisotopic (exact) mass is 265 g/mol. The first-order valence-electron chi connectivity index (χ1n) is 6.20. The lowest BCUT2D eigenvalue weighted by Gasteiger charge is -2.05. The van der Waals surface area contributed by atoms with Crippen LogP contribution in [0.4, 0.5) is 0 Å². The second-order valence-electron chi connectivity index (χ2n) is 4.47. The van der Waals surface area contributed by atoms with Gasteiger partial charge in [0.25, 0.3) is 0 Å². The Morgan fingerprint density at radius 3 is 2.50 bits per heavy atom. The molecule has 3 nitrogen and oxygen atoms in total. The van der Waals surface area contributed by atoms with Crippen LogP contribution in [0.5, 0.6) is 11.5 Å². The summed E-state index contributed by atoms with van der Waals surface area (Å²) in [5.74, 6) is 0.471. The molecule has 20 heavy (non-hydrogen) atoms. The van der Waals surface area contributed by atoms with E-state index < -0.39 is 0 Å². The van der Waals surface area contributed by atoms with Crippen molar-refractivity contribution in [1.29, 1.82) is 5.26 Å². The van der Waals surface area contributed by atoms with Crippen molar-refractivity contribution in [2.45, 2.75) is 6.92 Å². The van der Waals surface area contributed by atoms with Gasteiger partial charge in [0.1, 0.15) is 0 Å². The molecule has 0 atom stereocenters. The first-order chi connectivity index (χ1) is 9.63. The predicted molar refractivity (Wildman–Crippen MR) is 79.3 cm³/mol. The summed E-state index contributed by atoms with van der Waals surface area (Å²) in [6.45, 7) is 2.00. The number of benzene rings is 2. The van der Waals surface area contributed by atoms with Crippen LogP contribution in [0.15, 0.2) is 42.5 Å². The molecule has 0 aromatic heterocycles. The number of nitrogens with zero attached hydrogens (tertiary/aromatic N) is 1. The minimum atomic E-state index is 0.0819. The molecule has 0 bridgehead atoms. The molecule has 0 fully saturated rings. The van der Waals surface area contributed by atoms with Gasteiger partial charge in [-0.25, -0.2) is 0 Å². The van der Waals surface area contributed by atoms with Crippen LogP contribution in [0, 0.1) is 18.3 Å². The number of methoxy groups -OCH3 is 1. The maximum atomic E-state index is 9.56. The van der Waals surface area contributed by atoms with Gasteiger partial charge >= 0.3 is 0 Å². The summed E-state index contributed by atoms with van der Waals surface area (Å²) in [6.07, 6.45) is 1.77. The molecule has 0 unspecified atom stereocenters. The van der Waals surface area contributed by atoms with E-state index in [-0.39, 0.29) is 5.75 Å². The van der Waals surface area contributed by atoms with Gasteiger partial charge in [-0.05, 0) is 36.3 Å². The number of hydrogen-bond donors (Lipinski definition) is 1. The van der Waals surface area contributed by atoms with Crippen LogP contribution in [0.2, 0.25) is 0 Å². The topological polar surface area (TPSA) is 53.2 Å². The Morgan fingerprint density at radius 2 is 1.90 bits per heavy atom. The summed E-state index contributed by atoms with van der Waals surface area (Å²) >= 11 is 0. The van der Waals surface area contributed by atoms with Gasteiger partial charge in [-0.1, -0.05) is 35.9 Å². The number of rotatable bonds is 3. The molecular weight excluding hydrogens is 250 g/mol. The highest BCUT2D eigenvalue weighted by atomic mass is 16.5. The third-order valence-electron chi connectivity index (χ3n) is 3.00. The van der Waals surface area contributed by atoms with E-state index in [2.05, 4.69) is 6.07 Å². The van der Waals surface area contributed by atoms with Crippen molar-refractivity contribution in [3.8, 4) is 17.6 Å². The zero-order valence-corrected chi connectivity index (χ0v) is 11.4. The van der Waals surface area contributed by atoms with Crippen molar-refractivity contribution in [2.24, 2.45) is 0 Å². The number of aryl methyl sites for hydroxylation is 1. The standard InChI is InChI=1S/C17H15NO2/c1-12-3-6-14(7-4-12)15(11-18)9-13-5-8-16(19)17(10-13)20-2/h3-10,19H,1-2H3/b15-9+. The van der Waals surface area contributed by atoms with Crippen LogP contribution in [0.3, 0.4) is 0 Å². The third kappa shape index (κ3) is 2.99. The molecule has 2 rings (SSSR count). The molecule has 0 amide bonds. The van der Waals surface area contributed by atoms with Gasteiger partial charge in [-0.2, -0.15) is 5.26 Å². The summed E-state index contributed by atoms with van der Waals surface area (Å²) < 4.78 is 5.06. The molecule has 0 spiro atoms. The smallest absolute Gasteiger partial charge is 0.161 e. The van der Waals surface area contributed by atoms with E-state index in [1.165, 1.54) is 7.11 Å². The van der Waals surface area contributed by atoms with Crippen molar-refractivity contribution < 1.29 is 9.84 Å². The largest absolute Gasteiger partial charge is 0.504 e. The van der Waals surface area contributed by atoms with E-state index in [1.807, 2.05) is 31.2 Å². The van der Waals surface area contributed by atoms with Crippen molar-refractivity contribution in [3.05, 3.63) is 59.2 Å². The van der Waals surface area contributed by atoms with Crippen LogP contribution in [-0.2, 0) is 0 Å². The first-order valence-corrected chi connectivity index (χ1v) is 6.20. The Bertz CT molecular complexity index is 679. The number of phenols is 1. The van der Waals surface area contributed by atoms with E-state index in [1.54, 1.807) is 24.3 Å². The Labute approximate surface area is 118 Å². The molecule has 1 N–H and O–H groups in total. The number of hydrogen-bond acceptors (Lipinski definition) is 3. The van der Waals surface area contributed by atoms with Gasteiger partial charge in [-0.15, -0.1) is 0 Å². The van der Waals surface area contributed by atoms with E-state index >= 15 is 0 Å². The van der Waals surface area contributed by atoms with E-state index in [0.29, 0.717) is 11.3 Å². The fraction of sp³-hybridized carbons (Fsp3) is 0.118. The van der Waals surface area contributed by atoms with E-state index in [0.717, 1.165) is 16.7 Å². The second-order valence-corrected chi connectivity index (χ2v) is 4.47. The number of allylic oxidation sites excluding steroid dienone is 1. The van der Waals surface area contributed by atoms with E-state index in [4.69, 9.17) is 4.74 Å². The highest BCUT2D eigenvalue weighted by molar-refractivity contribution is 5.89. The Kier molecular flexibility index (Phi) is 4.07. The number of nitriles is 1. The number of aromatic hydroxyl groups is 1. The maximum Gasteiger partial charge on any atom is 0.161 e. The van der Waals surface area contributed by atoms with Crippen molar-refractivity contribution >= 4 is 11.6 Å². The lowest BCUT2D eigenvalue weighted by molar-refractivity contribution is 0.373. The Morgan fingerprint density at radius 1 is 1.20 bits per heavy atom. The molecule has 3 heteroatoms. The van der Waals surface area contributed by atoms with Gasteiger partial charge in [-0.3, -0.25) is 0 Å². The molecule has 0 aliphatic rings. The number of ether oxygens (including phenoxy) is 1. The van der Waals surface area contributed by atoms with Crippen LogP contribution >= 0.6 is 0 Å². The summed E-state index contributed by atoms with van der Waals surface area (Å²) in [7, 11) is 1.49. The Balaban J connectivity index is 2.41. The normalized spacial score (nSPS) is 10.9. The second kappa shape index (κ2) is 5.94. The van der Waals surface area contributed by atoms with E-state index in [9.17, 15) is 10.4 Å². The number of phenolic OH excluding ortho intramolecular Hbond substituents is 1. The highest BCUT2D eigenvalue weighted by Gasteiger charge is 2.04. The average Bonchev–Trinajstić information content (AvgIpc) is 2.47. The molecule has 0 saturated carbocycles. The zero-order valence-electron chi connectivity index (χ0n) is 11.4. The molecule has 0 saturated heterocycles. The minimum absolute atomic E-state index is 0.0819. The van der Waals surface area contributed by atoms with Crippen LogP contribution < -0.4 is 4.74 Å².